The number of aryl methyl sites for hydroxylation is 1. The third-order valence-corrected chi connectivity index (χ3v) is 2.22. The minimum absolute atomic E-state index is 0.628. The van der Waals surface area contributed by atoms with E-state index < -0.39 is 0 Å². The van der Waals surface area contributed by atoms with Gasteiger partial charge in [-0.25, -0.2) is 0 Å². The molecule has 0 fully saturated rings. The van der Waals surface area contributed by atoms with Gasteiger partial charge in [0.25, 0.3) is 0 Å². The van der Waals surface area contributed by atoms with Gasteiger partial charge in [0, 0.05) is 5.69 Å². The van der Waals surface area contributed by atoms with E-state index in [0.717, 1.165) is 5.92 Å². The standard InChI is InChI=1S/C10H18N2/c1-7(2)5-8(3)10-6-11-12-9(10)4/h6-8H,5H2,1-4H3,(H,11,12). The normalized spacial score (nSPS) is 13.8. The zero-order chi connectivity index (χ0) is 9.14. The molecule has 1 heterocycles. The zero-order valence-electron chi connectivity index (χ0n) is 8.39. The number of hydrogen-bond donors (Lipinski definition) is 1. The first-order chi connectivity index (χ1) is 5.61. The van der Waals surface area contributed by atoms with E-state index >= 15 is 0 Å². The summed E-state index contributed by atoms with van der Waals surface area (Å²) in [5.74, 6) is 1.39. The van der Waals surface area contributed by atoms with Crippen LogP contribution in [-0.4, -0.2) is 10.2 Å². The molecule has 68 valence electrons. The Labute approximate surface area is 74.4 Å². The molecular weight excluding hydrogens is 148 g/mol. The largest absolute Gasteiger partial charge is 0.283 e. The molecule has 0 radical (unpaired) electrons. The van der Waals surface area contributed by atoms with Crippen molar-refractivity contribution in [3.05, 3.63) is 17.5 Å². The minimum Gasteiger partial charge on any atom is -0.283 e. The van der Waals surface area contributed by atoms with Gasteiger partial charge < -0.3 is 0 Å². The molecule has 0 saturated heterocycles. The van der Waals surface area contributed by atoms with Gasteiger partial charge in [0.05, 0.1) is 6.20 Å². The molecule has 0 aliphatic heterocycles. The highest BCUT2D eigenvalue weighted by Crippen LogP contribution is 2.24. The molecule has 2 nitrogen and oxygen atoms in total. The summed E-state index contributed by atoms with van der Waals surface area (Å²) >= 11 is 0. The summed E-state index contributed by atoms with van der Waals surface area (Å²) in [5.41, 5.74) is 2.58. The summed E-state index contributed by atoms with van der Waals surface area (Å²) in [4.78, 5) is 0. The third-order valence-electron chi connectivity index (χ3n) is 2.22. The molecule has 1 rings (SSSR count). The Hall–Kier alpha value is -0.790. The number of H-pyrrole nitrogens is 1. The van der Waals surface area contributed by atoms with E-state index in [1.54, 1.807) is 0 Å². The quantitative estimate of drug-likeness (QED) is 0.735. The first-order valence-corrected chi connectivity index (χ1v) is 4.61. The lowest BCUT2D eigenvalue weighted by molar-refractivity contribution is 0.522. The molecule has 0 saturated carbocycles. The second-order valence-electron chi connectivity index (χ2n) is 3.98. The van der Waals surface area contributed by atoms with Crippen LogP contribution in [-0.2, 0) is 0 Å². The summed E-state index contributed by atoms with van der Waals surface area (Å²) in [6.45, 7) is 8.86. The summed E-state index contributed by atoms with van der Waals surface area (Å²) in [7, 11) is 0. The Morgan fingerprint density at radius 3 is 2.50 bits per heavy atom. The van der Waals surface area contributed by atoms with E-state index in [9.17, 15) is 0 Å². The first kappa shape index (κ1) is 9.30. The van der Waals surface area contributed by atoms with Crippen LogP contribution in [0.25, 0.3) is 0 Å². The van der Waals surface area contributed by atoms with E-state index in [1.807, 2.05) is 6.20 Å². The van der Waals surface area contributed by atoms with Crippen molar-refractivity contribution in [2.75, 3.05) is 0 Å². The van der Waals surface area contributed by atoms with Crippen LogP contribution in [0.1, 0.15) is 44.4 Å². The maximum Gasteiger partial charge on any atom is 0.0524 e. The average Bonchev–Trinajstić information content (AvgIpc) is 2.33. The van der Waals surface area contributed by atoms with Crippen molar-refractivity contribution >= 4 is 0 Å². The van der Waals surface area contributed by atoms with E-state index in [0.29, 0.717) is 5.92 Å². The van der Waals surface area contributed by atoms with Crippen molar-refractivity contribution in [1.82, 2.24) is 10.2 Å². The van der Waals surface area contributed by atoms with Crippen LogP contribution in [0.2, 0.25) is 0 Å². The van der Waals surface area contributed by atoms with Gasteiger partial charge in [0.15, 0.2) is 0 Å². The molecule has 2 heteroatoms. The van der Waals surface area contributed by atoms with Crippen LogP contribution in [0.15, 0.2) is 6.20 Å². The van der Waals surface area contributed by atoms with Crippen molar-refractivity contribution in [3.8, 4) is 0 Å². The molecule has 0 aliphatic rings. The third kappa shape index (κ3) is 2.10. The zero-order valence-corrected chi connectivity index (χ0v) is 8.39. The van der Waals surface area contributed by atoms with E-state index in [2.05, 4.69) is 37.9 Å². The monoisotopic (exact) mass is 166 g/mol. The highest BCUT2D eigenvalue weighted by molar-refractivity contribution is 5.18. The molecule has 1 aromatic rings. The Kier molecular flexibility index (Phi) is 2.90. The van der Waals surface area contributed by atoms with Gasteiger partial charge in [-0.3, -0.25) is 5.10 Å². The highest BCUT2D eigenvalue weighted by Gasteiger charge is 2.11. The fourth-order valence-corrected chi connectivity index (χ4v) is 1.69. The predicted octanol–water partition coefficient (Wildman–Crippen LogP) is 2.87. The molecule has 0 aliphatic carbocycles. The Balaban J connectivity index is 2.65. The first-order valence-electron chi connectivity index (χ1n) is 4.61. The summed E-state index contributed by atoms with van der Waals surface area (Å²) in [6, 6.07) is 0. The van der Waals surface area contributed by atoms with Gasteiger partial charge >= 0.3 is 0 Å². The smallest absolute Gasteiger partial charge is 0.0524 e. The lowest BCUT2D eigenvalue weighted by Gasteiger charge is -2.12. The molecule has 0 spiro atoms. The second-order valence-corrected chi connectivity index (χ2v) is 3.98. The molecule has 0 aromatic carbocycles. The number of nitrogens with one attached hydrogen (secondary N) is 1. The molecular formula is C10H18N2. The van der Waals surface area contributed by atoms with Gasteiger partial charge in [-0.05, 0) is 30.7 Å². The number of rotatable bonds is 3. The highest BCUT2D eigenvalue weighted by atomic mass is 15.1. The van der Waals surface area contributed by atoms with E-state index in [4.69, 9.17) is 0 Å². The Morgan fingerprint density at radius 2 is 2.08 bits per heavy atom. The summed E-state index contributed by atoms with van der Waals surface area (Å²) in [6.07, 6.45) is 3.18. The SMILES string of the molecule is Cc1[nH]ncc1C(C)CC(C)C. The van der Waals surface area contributed by atoms with Crippen LogP contribution >= 0.6 is 0 Å². The topological polar surface area (TPSA) is 28.7 Å². The maximum atomic E-state index is 4.03. The molecule has 1 aromatic heterocycles. The number of aromatic amines is 1. The van der Waals surface area contributed by atoms with Crippen LogP contribution in [0.4, 0.5) is 0 Å². The van der Waals surface area contributed by atoms with Crippen LogP contribution in [0, 0.1) is 12.8 Å². The van der Waals surface area contributed by atoms with Crippen molar-refractivity contribution in [3.63, 3.8) is 0 Å². The predicted molar refractivity (Wildman–Crippen MR) is 51.2 cm³/mol. The number of nitrogens with zero attached hydrogens (tertiary/aromatic N) is 1. The van der Waals surface area contributed by atoms with Crippen molar-refractivity contribution in [2.24, 2.45) is 5.92 Å². The number of hydrogen-bond acceptors (Lipinski definition) is 1. The minimum atomic E-state index is 0.628. The summed E-state index contributed by atoms with van der Waals surface area (Å²) in [5, 5.41) is 7.00. The van der Waals surface area contributed by atoms with Gasteiger partial charge in [-0.15, -0.1) is 0 Å². The fourth-order valence-electron chi connectivity index (χ4n) is 1.69. The van der Waals surface area contributed by atoms with Gasteiger partial charge in [0.1, 0.15) is 0 Å². The number of aromatic nitrogens is 2. The molecule has 1 atom stereocenters. The second kappa shape index (κ2) is 3.74. The molecule has 0 amide bonds. The van der Waals surface area contributed by atoms with Gasteiger partial charge in [0.2, 0.25) is 0 Å². The lowest BCUT2D eigenvalue weighted by atomic mass is 9.93. The van der Waals surface area contributed by atoms with E-state index in [-0.39, 0.29) is 0 Å². The van der Waals surface area contributed by atoms with Gasteiger partial charge in [-0.2, -0.15) is 5.10 Å². The van der Waals surface area contributed by atoms with Crippen molar-refractivity contribution in [1.29, 1.82) is 0 Å². The van der Waals surface area contributed by atoms with Crippen LogP contribution < -0.4 is 0 Å². The lowest BCUT2D eigenvalue weighted by Crippen LogP contribution is -1.99. The molecule has 12 heavy (non-hydrogen) atoms. The molecule has 1 N–H and O–H groups in total. The Morgan fingerprint density at radius 1 is 1.42 bits per heavy atom. The van der Waals surface area contributed by atoms with E-state index in [1.165, 1.54) is 17.7 Å². The molecule has 1 unspecified atom stereocenters. The Bertz CT molecular complexity index is 238. The fraction of sp³-hybridized carbons (Fsp3) is 0.700. The van der Waals surface area contributed by atoms with Gasteiger partial charge in [-0.1, -0.05) is 20.8 Å². The maximum absolute atomic E-state index is 4.03. The van der Waals surface area contributed by atoms with Crippen LogP contribution in [0.5, 0.6) is 0 Å². The van der Waals surface area contributed by atoms with Crippen molar-refractivity contribution < 1.29 is 0 Å². The van der Waals surface area contributed by atoms with Crippen LogP contribution in [0.3, 0.4) is 0 Å². The van der Waals surface area contributed by atoms with Crippen molar-refractivity contribution in [2.45, 2.75) is 40.0 Å². The molecule has 0 bridgehead atoms. The summed E-state index contributed by atoms with van der Waals surface area (Å²) < 4.78 is 0. The average molecular weight is 166 g/mol.